The van der Waals surface area contributed by atoms with E-state index in [4.69, 9.17) is 4.74 Å². The summed E-state index contributed by atoms with van der Waals surface area (Å²) >= 11 is 1.73. The van der Waals surface area contributed by atoms with Gasteiger partial charge in [0.05, 0.1) is 17.3 Å². The lowest BCUT2D eigenvalue weighted by Gasteiger charge is -2.22. The van der Waals surface area contributed by atoms with Gasteiger partial charge in [-0.25, -0.2) is 4.98 Å². The van der Waals surface area contributed by atoms with Crippen molar-refractivity contribution < 1.29 is 4.74 Å². The minimum Gasteiger partial charge on any atom is -0.380 e. The van der Waals surface area contributed by atoms with Crippen molar-refractivity contribution in [3.8, 4) is 0 Å². The molecule has 1 unspecified atom stereocenters. The Morgan fingerprint density at radius 3 is 3.27 bits per heavy atom. The van der Waals surface area contributed by atoms with E-state index in [1.807, 2.05) is 0 Å². The summed E-state index contributed by atoms with van der Waals surface area (Å²) in [6.45, 7) is 4.87. The summed E-state index contributed by atoms with van der Waals surface area (Å²) in [4.78, 5) is 4.44. The molecule has 1 aliphatic heterocycles. The molecule has 0 radical (unpaired) electrons. The summed E-state index contributed by atoms with van der Waals surface area (Å²) in [6.07, 6.45) is 3.46. The molecular formula is C11H18N2OS. The Balaban J connectivity index is 1.65. The maximum atomic E-state index is 5.41. The van der Waals surface area contributed by atoms with Crippen molar-refractivity contribution in [3.05, 3.63) is 16.1 Å². The predicted molar refractivity (Wildman–Crippen MR) is 62.4 cm³/mol. The van der Waals surface area contributed by atoms with E-state index in [0.717, 1.165) is 31.2 Å². The number of rotatable bonds is 4. The highest BCUT2D eigenvalue weighted by Crippen LogP contribution is 2.09. The molecule has 1 aromatic heterocycles. The van der Waals surface area contributed by atoms with Crippen LogP contribution in [0.5, 0.6) is 0 Å². The fourth-order valence-corrected chi connectivity index (χ4v) is 2.48. The van der Waals surface area contributed by atoms with Crippen molar-refractivity contribution in [2.24, 2.45) is 0 Å². The van der Waals surface area contributed by atoms with E-state index < -0.39 is 0 Å². The summed E-state index contributed by atoms with van der Waals surface area (Å²) in [5, 5.41) is 6.82. The van der Waals surface area contributed by atoms with Crippen LogP contribution in [0.3, 0.4) is 0 Å². The molecule has 1 aromatic rings. The minimum absolute atomic E-state index is 0.554. The number of thiazole rings is 1. The summed E-state index contributed by atoms with van der Waals surface area (Å²) in [5.74, 6) is 0. The third-order valence-electron chi connectivity index (χ3n) is 2.64. The molecule has 0 spiro atoms. The molecule has 2 rings (SSSR count). The summed E-state index contributed by atoms with van der Waals surface area (Å²) < 4.78 is 5.41. The number of hydrogen-bond acceptors (Lipinski definition) is 4. The van der Waals surface area contributed by atoms with Gasteiger partial charge in [0, 0.05) is 31.0 Å². The number of nitrogens with one attached hydrogen (secondary N) is 1. The second-order valence-corrected chi connectivity index (χ2v) is 5.04. The van der Waals surface area contributed by atoms with Crippen molar-refractivity contribution in [3.63, 3.8) is 0 Å². The van der Waals surface area contributed by atoms with Gasteiger partial charge in [-0.05, 0) is 19.8 Å². The van der Waals surface area contributed by atoms with Gasteiger partial charge in [-0.3, -0.25) is 0 Å². The van der Waals surface area contributed by atoms with E-state index in [-0.39, 0.29) is 0 Å². The molecule has 15 heavy (non-hydrogen) atoms. The second kappa shape index (κ2) is 5.58. The fraction of sp³-hybridized carbons (Fsp3) is 0.727. The molecule has 1 N–H and O–H groups in total. The zero-order valence-corrected chi connectivity index (χ0v) is 9.98. The Labute approximate surface area is 94.9 Å². The molecule has 4 heteroatoms. The Morgan fingerprint density at radius 1 is 1.67 bits per heavy atom. The Bertz CT molecular complexity index is 295. The van der Waals surface area contributed by atoms with Gasteiger partial charge >= 0.3 is 0 Å². The van der Waals surface area contributed by atoms with Crippen LogP contribution in [0.1, 0.15) is 23.5 Å². The van der Waals surface area contributed by atoms with Crippen molar-refractivity contribution in [1.29, 1.82) is 0 Å². The molecule has 0 saturated carbocycles. The smallest absolute Gasteiger partial charge is 0.0897 e. The van der Waals surface area contributed by atoms with Gasteiger partial charge in [-0.1, -0.05) is 0 Å². The van der Waals surface area contributed by atoms with Crippen LogP contribution in [0, 0.1) is 6.92 Å². The Hall–Kier alpha value is -0.450. The third kappa shape index (κ3) is 3.55. The van der Waals surface area contributed by atoms with Crippen LogP contribution < -0.4 is 5.32 Å². The van der Waals surface area contributed by atoms with Gasteiger partial charge in [-0.2, -0.15) is 0 Å². The van der Waals surface area contributed by atoms with E-state index in [9.17, 15) is 0 Å². The minimum atomic E-state index is 0.554. The maximum Gasteiger partial charge on any atom is 0.0897 e. The number of aryl methyl sites for hydroxylation is 1. The first-order chi connectivity index (χ1) is 7.34. The van der Waals surface area contributed by atoms with Crippen LogP contribution in [0.4, 0.5) is 0 Å². The molecule has 1 aliphatic rings. The van der Waals surface area contributed by atoms with Gasteiger partial charge < -0.3 is 10.1 Å². The van der Waals surface area contributed by atoms with Crippen molar-refractivity contribution in [1.82, 2.24) is 10.3 Å². The molecule has 0 aromatic carbocycles. The lowest BCUT2D eigenvalue weighted by Crippen LogP contribution is -2.37. The number of nitrogens with zero attached hydrogens (tertiary/aromatic N) is 1. The van der Waals surface area contributed by atoms with E-state index >= 15 is 0 Å². The number of hydrogen-bond donors (Lipinski definition) is 1. The van der Waals surface area contributed by atoms with Crippen LogP contribution in [-0.4, -0.2) is 30.8 Å². The van der Waals surface area contributed by atoms with Crippen molar-refractivity contribution in [2.75, 3.05) is 19.8 Å². The zero-order chi connectivity index (χ0) is 10.5. The fourth-order valence-electron chi connectivity index (χ4n) is 1.83. The van der Waals surface area contributed by atoms with Crippen LogP contribution in [0.15, 0.2) is 5.38 Å². The van der Waals surface area contributed by atoms with Gasteiger partial charge in [-0.15, -0.1) is 11.3 Å². The first-order valence-corrected chi connectivity index (χ1v) is 6.44. The molecule has 1 fully saturated rings. The van der Waals surface area contributed by atoms with Crippen LogP contribution in [0.2, 0.25) is 0 Å². The Kier molecular flexibility index (Phi) is 4.11. The van der Waals surface area contributed by atoms with Gasteiger partial charge in [0.15, 0.2) is 0 Å². The molecule has 84 valence electrons. The molecule has 0 amide bonds. The highest BCUT2D eigenvalue weighted by molar-refractivity contribution is 7.09. The number of ether oxygens (including phenoxy) is 1. The third-order valence-corrected chi connectivity index (χ3v) is 3.46. The maximum absolute atomic E-state index is 5.41. The monoisotopic (exact) mass is 226 g/mol. The van der Waals surface area contributed by atoms with E-state index in [0.29, 0.717) is 6.04 Å². The molecule has 0 aliphatic carbocycles. The SMILES string of the molecule is Cc1nc(CCNC2CCCOC2)cs1. The lowest BCUT2D eigenvalue weighted by molar-refractivity contribution is 0.0707. The van der Waals surface area contributed by atoms with E-state index in [1.54, 1.807) is 11.3 Å². The lowest BCUT2D eigenvalue weighted by atomic mass is 10.1. The molecule has 1 saturated heterocycles. The average Bonchev–Trinajstić information content (AvgIpc) is 2.66. The summed E-state index contributed by atoms with van der Waals surface area (Å²) in [6, 6.07) is 0.554. The largest absolute Gasteiger partial charge is 0.380 e. The quantitative estimate of drug-likeness (QED) is 0.849. The molecular weight excluding hydrogens is 208 g/mol. The van der Waals surface area contributed by atoms with Gasteiger partial charge in [0.1, 0.15) is 0 Å². The molecule has 1 atom stereocenters. The van der Waals surface area contributed by atoms with Crippen molar-refractivity contribution >= 4 is 11.3 Å². The zero-order valence-electron chi connectivity index (χ0n) is 9.16. The standard InChI is InChI=1S/C11H18N2OS/c1-9-13-11(8-15-9)4-5-12-10-3-2-6-14-7-10/h8,10,12H,2-7H2,1H3. The predicted octanol–water partition coefficient (Wildman–Crippen LogP) is 1.76. The summed E-state index contributed by atoms with van der Waals surface area (Å²) in [5.41, 5.74) is 1.21. The van der Waals surface area contributed by atoms with Gasteiger partial charge in [0.25, 0.3) is 0 Å². The highest BCUT2D eigenvalue weighted by atomic mass is 32.1. The van der Waals surface area contributed by atoms with Crippen LogP contribution >= 0.6 is 11.3 Å². The van der Waals surface area contributed by atoms with Gasteiger partial charge in [0.2, 0.25) is 0 Å². The van der Waals surface area contributed by atoms with Crippen molar-refractivity contribution in [2.45, 2.75) is 32.2 Å². The average molecular weight is 226 g/mol. The van der Waals surface area contributed by atoms with E-state index in [1.165, 1.54) is 18.5 Å². The van der Waals surface area contributed by atoms with Crippen LogP contribution in [-0.2, 0) is 11.2 Å². The first kappa shape index (κ1) is 11.0. The normalized spacial score (nSPS) is 21.8. The molecule has 2 heterocycles. The van der Waals surface area contributed by atoms with Crippen LogP contribution in [0.25, 0.3) is 0 Å². The topological polar surface area (TPSA) is 34.2 Å². The first-order valence-electron chi connectivity index (χ1n) is 5.57. The second-order valence-electron chi connectivity index (χ2n) is 3.98. The van der Waals surface area contributed by atoms with E-state index in [2.05, 4.69) is 22.6 Å². The molecule has 3 nitrogen and oxygen atoms in total. The molecule has 0 bridgehead atoms. The summed E-state index contributed by atoms with van der Waals surface area (Å²) in [7, 11) is 0. The highest BCUT2D eigenvalue weighted by Gasteiger charge is 2.12. The number of aromatic nitrogens is 1. The Morgan fingerprint density at radius 2 is 2.60 bits per heavy atom.